The van der Waals surface area contributed by atoms with E-state index in [1.165, 1.54) is 12.0 Å². The third-order valence-corrected chi connectivity index (χ3v) is 6.02. The van der Waals surface area contributed by atoms with E-state index in [1.807, 2.05) is 12.1 Å². The number of benzene rings is 1. The second kappa shape index (κ2) is 5.47. The fourth-order valence-corrected chi connectivity index (χ4v) is 4.63. The lowest BCUT2D eigenvalue weighted by Gasteiger charge is -2.29. The van der Waals surface area contributed by atoms with Crippen molar-refractivity contribution in [3.05, 3.63) is 29.3 Å². The summed E-state index contributed by atoms with van der Waals surface area (Å²) in [6.07, 6.45) is 4.39. The molecule has 5 heteroatoms. The Kier molecular flexibility index (Phi) is 3.84. The fourth-order valence-electron chi connectivity index (χ4n) is 3.20. The Labute approximate surface area is 121 Å². The van der Waals surface area contributed by atoms with Gasteiger partial charge in [-0.15, -0.1) is 0 Å². The second-order valence-corrected chi connectivity index (χ2v) is 7.74. The van der Waals surface area contributed by atoms with E-state index < -0.39 is 10.0 Å². The molecule has 1 fully saturated rings. The minimum Gasteiger partial charge on any atom is -0.309 e. The molecule has 1 saturated carbocycles. The number of sulfonamides is 1. The molecule has 2 N–H and O–H groups in total. The highest BCUT2D eigenvalue weighted by Crippen LogP contribution is 2.26. The normalized spacial score (nSPS) is 26.4. The molecule has 1 aromatic rings. The van der Waals surface area contributed by atoms with Crippen molar-refractivity contribution in [2.24, 2.45) is 5.92 Å². The Hall–Kier alpha value is -0.910. The van der Waals surface area contributed by atoms with E-state index >= 15 is 0 Å². The Bertz CT molecular complexity index is 598. The first kappa shape index (κ1) is 14.0. The molecule has 1 aliphatic carbocycles. The van der Waals surface area contributed by atoms with E-state index in [4.69, 9.17) is 0 Å². The van der Waals surface area contributed by atoms with Gasteiger partial charge in [-0.1, -0.05) is 25.8 Å². The van der Waals surface area contributed by atoms with Crippen LogP contribution in [0.5, 0.6) is 0 Å². The summed E-state index contributed by atoms with van der Waals surface area (Å²) in [4.78, 5) is 0.401. The van der Waals surface area contributed by atoms with Crippen molar-refractivity contribution >= 4 is 10.0 Å². The van der Waals surface area contributed by atoms with Crippen LogP contribution in [0.25, 0.3) is 0 Å². The molecule has 110 valence electrons. The van der Waals surface area contributed by atoms with Crippen LogP contribution in [-0.4, -0.2) is 14.5 Å². The fraction of sp³-hybridized carbons (Fsp3) is 0.600. The maximum Gasteiger partial charge on any atom is 0.240 e. The number of nitrogens with one attached hydrogen (secondary N) is 2. The van der Waals surface area contributed by atoms with Crippen LogP contribution in [0.4, 0.5) is 0 Å². The van der Waals surface area contributed by atoms with Crippen molar-refractivity contribution in [1.82, 2.24) is 10.0 Å². The minimum atomic E-state index is -3.39. The summed E-state index contributed by atoms with van der Waals surface area (Å²) in [5.74, 6) is 0.426. The van der Waals surface area contributed by atoms with Crippen LogP contribution in [-0.2, 0) is 23.1 Å². The number of fused-ring (bicyclic) bond motifs is 1. The Morgan fingerprint density at radius 2 is 1.90 bits per heavy atom. The quantitative estimate of drug-likeness (QED) is 0.898. The lowest BCUT2D eigenvalue weighted by Crippen LogP contribution is -2.41. The van der Waals surface area contributed by atoms with Crippen molar-refractivity contribution in [2.75, 3.05) is 0 Å². The molecular formula is C15H22N2O2S. The summed E-state index contributed by atoms with van der Waals surface area (Å²) in [6, 6.07) is 5.54. The predicted octanol–water partition coefficient (Wildman–Crippen LogP) is 2.15. The first-order chi connectivity index (χ1) is 9.56. The molecule has 0 spiro atoms. The van der Waals surface area contributed by atoms with Gasteiger partial charge in [0.15, 0.2) is 0 Å². The smallest absolute Gasteiger partial charge is 0.240 e. The van der Waals surface area contributed by atoms with Crippen LogP contribution in [0.15, 0.2) is 23.1 Å². The Balaban J connectivity index is 1.81. The van der Waals surface area contributed by atoms with Gasteiger partial charge in [-0.05, 0) is 42.0 Å². The number of hydrogen-bond donors (Lipinski definition) is 2. The SMILES string of the molecule is CC1CCCCC1NS(=O)(=O)c1ccc2c(c1)CNC2. The summed E-state index contributed by atoms with van der Waals surface area (Å²) in [6.45, 7) is 3.74. The van der Waals surface area contributed by atoms with Gasteiger partial charge in [-0.25, -0.2) is 13.1 Å². The lowest BCUT2D eigenvalue weighted by atomic mass is 9.87. The van der Waals surface area contributed by atoms with E-state index in [1.54, 1.807) is 6.07 Å². The van der Waals surface area contributed by atoms with Crippen LogP contribution in [0.3, 0.4) is 0 Å². The van der Waals surface area contributed by atoms with Gasteiger partial charge in [0.05, 0.1) is 4.90 Å². The molecule has 2 aliphatic rings. The van der Waals surface area contributed by atoms with Crippen molar-refractivity contribution in [3.8, 4) is 0 Å². The van der Waals surface area contributed by atoms with Gasteiger partial charge in [0.1, 0.15) is 0 Å². The molecule has 0 radical (unpaired) electrons. The van der Waals surface area contributed by atoms with Gasteiger partial charge in [-0.2, -0.15) is 0 Å². The van der Waals surface area contributed by atoms with Crippen molar-refractivity contribution in [1.29, 1.82) is 0 Å². The van der Waals surface area contributed by atoms with E-state index in [0.29, 0.717) is 10.8 Å². The predicted molar refractivity (Wildman–Crippen MR) is 78.7 cm³/mol. The summed E-state index contributed by atoms with van der Waals surface area (Å²) >= 11 is 0. The summed E-state index contributed by atoms with van der Waals surface area (Å²) < 4.78 is 27.9. The molecule has 3 rings (SSSR count). The van der Waals surface area contributed by atoms with Crippen molar-refractivity contribution < 1.29 is 8.42 Å². The zero-order chi connectivity index (χ0) is 14.2. The second-order valence-electron chi connectivity index (χ2n) is 6.02. The van der Waals surface area contributed by atoms with E-state index in [0.717, 1.165) is 37.9 Å². The largest absolute Gasteiger partial charge is 0.309 e. The average Bonchev–Trinajstić information content (AvgIpc) is 2.88. The van der Waals surface area contributed by atoms with Crippen LogP contribution in [0, 0.1) is 5.92 Å². The van der Waals surface area contributed by atoms with Crippen LogP contribution >= 0.6 is 0 Å². The third-order valence-electron chi connectivity index (χ3n) is 4.54. The van der Waals surface area contributed by atoms with E-state index in [2.05, 4.69) is 17.0 Å². The summed E-state index contributed by atoms with van der Waals surface area (Å²) in [5.41, 5.74) is 2.31. The molecule has 2 unspecified atom stereocenters. The zero-order valence-corrected chi connectivity index (χ0v) is 12.7. The summed E-state index contributed by atoms with van der Waals surface area (Å²) in [5, 5.41) is 3.24. The van der Waals surface area contributed by atoms with Gasteiger partial charge in [0.2, 0.25) is 10.0 Å². The molecule has 0 saturated heterocycles. The maximum atomic E-state index is 12.5. The van der Waals surface area contributed by atoms with Crippen molar-refractivity contribution in [3.63, 3.8) is 0 Å². The zero-order valence-electron chi connectivity index (χ0n) is 11.9. The third kappa shape index (κ3) is 2.75. The van der Waals surface area contributed by atoms with Gasteiger partial charge < -0.3 is 5.32 Å². The highest BCUT2D eigenvalue weighted by atomic mass is 32.2. The Morgan fingerprint density at radius 3 is 2.70 bits per heavy atom. The van der Waals surface area contributed by atoms with E-state index in [9.17, 15) is 8.42 Å². The van der Waals surface area contributed by atoms with Gasteiger partial charge in [-0.3, -0.25) is 0 Å². The van der Waals surface area contributed by atoms with Gasteiger partial charge in [0, 0.05) is 19.1 Å². The van der Waals surface area contributed by atoms with Gasteiger partial charge >= 0.3 is 0 Å². The standard InChI is InChI=1S/C15H22N2O2S/c1-11-4-2-3-5-15(11)17-20(18,19)14-7-6-12-9-16-10-13(12)8-14/h6-8,11,15-17H,2-5,9-10H2,1H3. The topological polar surface area (TPSA) is 58.2 Å². The first-order valence-corrected chi connectivity index (χ1v) is 8.89. The molecule has 4 nitrogen and oxygen atoms in total. The monoisotopic (exact) mass is 294 g/mol. The molecule has 0 amide bonds. The lowest BCUT2D eigenvalue weighted by molar-refractivity contribution is 0.310. The minimum absolute atomic E-state index is 0.0835. The molecule has 20 heavy (non-hydrogen) atoms. The molecule has 1 aromatic carbocycles. The first-order valence-electron chi connectivity index (χ1n) is 7.41. The van der Waals surface area contributed by atoms with E-state index in [-0.39, 0.29) is 6.04 Å². The van der Waals surface area contributed by atoms with Crippen molar-refractivity contribution in [2.45, 2.75) is 56.6 Å². The van der Waals surface area contributed by atoms with Gasteiger partial charge in [0.25, 0.3) is 0 Å². The number of hydrogen-bond acceptors (Lipinski definition) is 3. The molecule has 0 bridgehead atoms. The van der Waals surface area contributed by atoms with Crippen LogP contribution < -0.4 is 10.0 Å². The number of rotatable bonds is 3. The molecule has 1 heterocycles. The highest BCUT2D eigenvalue weighted by molar-refractivity contribution is 7.89. The summed E-state index contributed by atoms with van der Waals surface area (Å²) in [7, 11) is -3.39. The molecular weight excluding hydrogens is 272 g/mol. The molecule has 2 atom stereocenters. The average molecular weight is 294 g/mol. The van der Waals surface area contributed by atoms with Crippen LogP contribution in [0.2, 0.25) is 0 Å². The molecule has 0 aromatic heterocycles. The highest BCUT2D eigenvalue weighted by Gasteiger charge is 2.27. The van der Waals surface area contributed by atoms with Crippen LogP contribution in [0.1, 0.15) is 43.7 Å². The Morgan fingerprint density at radius 1 is 1.15 bits per heavy atom. The maximum absolute atomic E-state index is 12.5. The molecule has 1 aliphatic heterocycles.